The van der Waals surface area contributed by atoms with E-state index in [1.54, 1.807) is 6.20 Å². The highest BCUT2D eigenvalue weighted by Crippen LogP contribution is 2.30. The standard InChI is InChI=1S/C15H18N2O/c1-3-13(16)12-7-4-5-8-15(12)18-14-9-6-10-17-11(14)2/h4-10,13H,3,16H2,1-2H3/t13-/m1/s1. The highest BCUT2D eigenvalue weighted by Gasteiger charge is 2.11. The summed E-state index contributed by atoms with van der Waals surface area (Å²) in [6.07, 6.45) is 2.64. The highest BCUT2D eigenvalue weighted by atomic mass is 16.5. The summed E-state index contributed by atoms with van der Waals surface area (Å²) >= 11 is 0. The molecule has 94 valence electrons. The van der Waals surface area contributed by atoms with Gasteiger partial charge in [-0.25, -0.2) is 0 Å². The lowest BCUT2D eigenvalue weighted by molar-refractivity contribution is 0.462. The van der Waals surface area contributed by atoms with Crippen LogP contribution < -0.4 is 10.5 Å². The Kier molecular flexibility index (Phi) is 3.95. The summed E-state index contributed by atoms with van der Waals surface area (Å²) in [6.45, 7) is 3.99. The van der Waals surface area contributed by atoms with Crippen molar-refractivity contribution in [3.63, 3.8) is 0 Å². The molecule has 2 aromatic rings. The van der Waals surface area contributed by atoms with Gasteiger partial charge in [0.1, 0.15) is 11.5 Å². The molecule has 0 amide bonds. The van der Waals surface area contributed by atoms with E-state index in [1.165, 1.54) is 0 Å². The van der Waals surface area contributed by atoms with E-state index in [1.807, 2.05) is 43.3 Å². The number of rotatable bonds is 4. The maximum atomic E-state index is 6.09. The molecule has 3 nitrogen and oxygen atoms in total. The average molecular weight is 242 g/mol. The van der Waals surface area contributed by atoms with Crippen molar-refractivity contribution in [2.24, 2.45) is 5.73 Å². The molecule has 0 saturated carbocycles. The predicted molar refractivity (Wildman–Crippen MR) is 72.7 cm³/mol. The largest absolute Gasteiger partial charge is 0.455 e. The second-order valence-corrected chi connectivity index (χ2v) is 4.24. The summed E-state index contributed by atoms with van der Waals surface area (Å²) in [5.74, 6) is 1.58. The molecule has 0 aliphatic rings. The number of aromatic nitrogens is 1. The van der Waals surface area contributed by atoms with Crippen LogP contribution in [-0.4, -0.2) is 4.98 Å². The van der Waals surface area contributed by atoms with Crippen molar-refractivity contribution in [2.45, 2.75) is 26.3 Å². The van der Waals surface area contributed by atoms with Crippen LogP contribution in [0.3, 0.4) is 0 Å². The topological polar surface area (TPSA) is 48.1 Å². The van der Waals surface area contributed by atoms with Crippen molar-refractivity contribution in [2.75, 3.05) is 0 Å². The van der Waals surface area contributed by atoms with Crippen LogP contribution in [0, 0.1) is 6.92 Å². The van der Waals surface area contributed by atoms with E-state index in [0.29, 0.717) is 0 Å². The van der Waals surface area contributed by atoms with Crippen LogP contribution >= 0.6 is 0 Å². The van der Waals surface area contributed by atoms with E-state index in [4.69, 9.17) is 10.5 Å². The fourth-order valence-electron chi connectivity index (χ4n) is 1.80. The Morgan fingerprint density at radius 1 is 1.17 bits per heavy atom. The second kappa shape index (κ2) is 5.65. The van der Waals surface area contributed by atoms with Gasteiger partial charge in [0, 0.05) is 17.8 Å². The third-order valence-electron chi connectivity index (χ3n) is 2.94. The Balaban J connectivity index is 2.32. The summed E-state index contributed by atoms with van der Waals surface area (Å²) in [4.78, 5) is 4.21. The molecule has 3 heteroatoms. The van der Waals surface area contributed by atoms with E-state index in [9.17, 15) is 0 Å². The van der Waals surface area contributed by atoms with Gasteiger partial charge in [0.15, 0.2) is 0 Å². The van der Waals surface area contributed by atoms with Gasteiger partial charge in [0.2, 0.25) is 0 Å². The number of pyridine rings is 1. The van der Waals surface area contributed by atoms with Crippen molar-refractivity contribution in [1.82, 2.24) is 4.98 Å². The van der Waals surface area contributed by atoms with E-state index in [-0.39, 0.29) is 6.04 Å². The zero-order valence-corrected chi connectivity index (χ0v) is 10.8. The molecule has 0 unspecified atom stereocenters. The van der Waals surface area contributed by atoms with Gasteiger partial charge in [0.25, 0.3) is 0 Å². The smallest absolute Gasteiger partial charge is 0.148 e. The molecule has 0 saturated heterocycles. The molecule has 1 atom stereocenters. The number of nitrogens with two attached hydrogens (primary N) is 1. The predicted octanol–water partition coefficient (Wildman–Crippen LogP) is 3.59. The van der Waals surface area contributed by atoms with Crippen LogP contribution in [0.25, 0.3) is 0 Å². The monoisotopic (exact) mass is 242 g/mol. The Hall–Kier alpha value is -1.87. The fraction of sp³-hybridized carbons (Fsp3) is 0.267. The minimum absolute atomic E-state index is 0.00169. The summed E-state index contributed by atoms with van der Waals surface area (Å²) in [6, 6.07) is 11.7. The van der Waals surface area contributed by atoms with Crippen LogP contribution in [0.5, 0.6) is 11.5 Å². The summed E-state index contributed by atoms with van der Waals surface area (Å²) in [5, 5.41) is 0. The maximum absolute atomic E-state index is 6.09. The number of para-hydroxylation sites is 1. The van der Waals surface area contributed by atoms with Gasteiger partial charge in [-0.3, -0.25) is 4.98 Å². The molecule has 1 aromatic carbocycles. The van der Waals surface area contributed by atoms with Gasteiger partial charge in [-0.15, -0.1) is 0 Å². The summed E-state index contributed by atoms with van der Waals surface area (Å²) in [7, 11) is 0. The quantitative estimate of drug-likeness (QED) is 0.891. The molecule has 0 aliphatic heterocycles. The minimum atomic E-state index is -0.00169. The summed E-state index contributed by atoms with van der Waals surface area (Å²) < 4.78 is 5.92. The molecule has 0 fully saturated rings. The van der Waals surface area contributed by atoms with E-state index in [2.05, 4.69) is 11.9 Å². The Morgan fingerprint density at radius 3 is 2.61 bits per heavy atom. The van der Waals surface area contributed by atoms with Gasteiger partial charge in [0.05, 0.1) is 5.69 Å². The lowest BCUT2D eigenvalue weighted by atomic mass is 10.0. The van der Waals surface area contributed by atoms with E-state index >= 15 is 0 Å². The zero-order chi connectivity index (χ0) is 13.0. The number of hydrogen-bond acceptors (Lipinski definition) is 3. The Bertz CT molecular complexity index is 525. The first-order valence-corrected chi connectivity index (χ1v) is 6.16. The third-order valence-corrected chi connectivity index (χ3v) is 2.94. The van der Waals surface area contributed by atoms with Crippen molar-refractivity contribution >= 4 is 0 Å². The normalized spacial score (nSPS) is 12.2. The molecule has 2 rings (SSSR count). The van der Waals surface area contributed by atoms with Gasteiger partial charge < -0.3 is 10.5 Å². The molecule has 0 aliphatic carbocycles. The van der Waals surface area contributed by atoms with Crippen molar-refractivity contribution in [3.8, 4) is 11.5 Å². The van der Waals surface area contributed by atoms with Gasteiger partial charge >= 0.3 is 0 Å². The molecule has 1 aromatic heterocycles. The summed E-state index contributed by atoms with van der Waals surface area (Å²) in [5.41, 5.74) is 7.99. The van der Waals surface area contributed by atoms with Crippen LogP contribution in [0.2, 0.25) is 0 Å². The molecule has 18 heavy (non-hydrogen) atoms. The van der Waals surface area contributed by atoms with Crippen molar-refractivity contribution in [3.05, 3.63) is 53.9 Å². The van der Waals surface area contributed by atoms with E-state index in [0.717, 1.165) is 29.2 Å². The number of ether oxygens (including phenoxy) is 1. The number of hydrogen-bond donors (Lipinski definition) is 1. The zero-order valence-electron chi connectivity index (χ0n) is 10.8. The first-order valence-electron chi connectivity index (χ1n) is 6.16. The lowest BCUT2D eigenvalue weighted by Gasteiger charge is -2.16. The highest BCUT2D eigenvalue weighted by molar-refractivity contribution is 5.40. The fourth-order valence-corrected chi connectivity index (χ4v) is 1.80. The lowest BCUT2D eigenvalue weighted by Crippen LogP contribution is -2.09. The van der Waals surface area contributed by atoms with E-state index < -0.39 is 0 Å². The molecule has 0 spiro atoms. The molecular formula is C15H18N2O. The molecular weight excluding hydrogens is 224 g/mol. The number of nitrogens with zero attached hydrogens (tertiary/aromatic N) is 1. The first kappa shape index (κ1) is 12.6. The first-order chi connectivity index (χ1) is 8.72. The van der Waals surface area contributed by atoms with Crippen LogP contribution in [0.1, 0.15) is 30.6 Å². The molecule has 1 heterocycles. The Morgan fingerprint density at radius 2 is 1.89 bits per heavy atom. The van der Waals surface area contributed by atoms with Crippen molar-refractivity contribution < 1.29 is 4.74 Å². The van der Waals surface area contributed by atoms with Crippen molar-refractivity contribution in [1.29, 1.82) is 0 Å². The van der Waals surface area contributed by atoms with Gasteiger partial charge in [-0.1, -0.05) is 25.1 Å². The van der Waals surface area contributed by atoms with Crippen LogP contribution in [0.15, 0.2) is 42.6 Å². The minimum Gasteiger partial charge on any atom is -0.455 e. The average Bonchev–Trinajstić information content (AvgIpc) is 2.41. The third kappa shape index (κ3) is 2.68. The molecule has 2 N–H and O–H groups in total. The van der Waals surface area contributed by atoms with Gasteiger partial charge in [-0.2, -0.15) is 0 Å². The van der Waals surface area contributed by atoms with Crippen LogP contribution in [0.4, 0.5) is 0 Å². The molecule has 0 radical (unpaired) electrons. The Labute approximate surface area is 108 Å². The number of aryl methyl sites for hydroxylation is 1. The molecule has 0 bridgehead atoms. The second-order valence-electron chi connectivity index (χ2n) is 4.24. The van der Waals surface area contributed by atoms with Gasteiger partial charge in [-0.05, 0) is 31.5 Å². The number of benzene rings is 1. The van der Waals surface area contributed by atoms with Crippen LogP contribution in [-0.2, 0) is 0 Å². The maximum Gasteiger partial charge on any atom is 0.148 e. The SMILES string of the molecule is CC[C@@H](N)c1ccccc1Oc1cccnc1C.